The third kappa shape index (κ3) is 3.99. The molecule has 1 fully saturated rings. The van der Waals surface area contributed by atoms with Crippen molar-refractivity contribution in [1.82, 2.24) is 9.88 Å². The van der Waals surface area contributed by atoms with Crippen LogP contribution in [0.1, 0.15) is 23.2 Å². The molecule has 2 heterocycles. The lowest BCUT2D eigenvalue weighted by atomic mass is 9.97. The Morgan fingerprint density at radius 1 is 1.20 bits per heavy atom. The van der Waals surface area contributed by atoms with Crippen LogP contribution in [0.5, 0.6) is 0 Å². The fraction of sp³-hybridized carbons (Fsp3) is 0.400. The Balaban J connectivity index is 1.82. The molecule has 2 aromatic rings. The Labute approximate surface area is 149 Å². The van der Waals surface area contributed by atoms with Crippen LogP contribution in [-0.2, 0) is 0 Å². The van der Waals surface area contributed by atoms with Gasteiger partial charge in [-0.15, -0.1) is 0 Å². The number of anilines is 1. The fourth-order valence-electron chi connectivity index (χ4n) is 3.23. The van der Waals surface area contributed by atoms with E-state index in [9.17, 15) is 4.79 Å². The first-order valence-corrected chi connectivity index (χ1v) is 8.82. The van der Waals surface area contributed by atoms with Crippen molar-refractivity contribution in [3.8, 4) is 11.3 Å². The molecule has 25 heavy (non-hydrogen) atoms. The molecule has 0 saturated carbocycles. The Hall–Kier alpha value is -2.40. The van der Waals surface area contributed by atoms with Crippen molar-refractivity contribution in [2.45, 2.75) is 12.8 Å². The minimum absolute atomic E-state index is 0.00172. The predicted octanol–water partition coefficient (Wildman–Crippen LogP) is 2.63. The van der Waals surface area contributed by atoms with E-state index in [1.54, 1.807) is 19.0 Å². The van der Waals surface area contributed by atoms with Crippen LogP contribution in [0.2, 0.25) is 0 Å². The molecule has 0 aliphatic carbocycles. The molecule has 1 saturated heterocycles. The molecule has 2 N–H and O–H groups in total. The number of carbonyl (C=O) groups is 1. The van der Waals surface area contributed by atoms with Crippen LogP contribution < -0.4 is 10.6 Å². The topological polar surface area (TPSA) is 62.5 Å². The summed E-state index contributed by atoms with van der Waals surface area (Å²) in [5.74, 6) is 1.63. The highest BCUT2D eigenvalue weighted by Gasteiger charge is 2.19. The smallest absolute Gasteiger partial charge is 0.253 e. The number of aromatic nitrogens is 1. The van der Waals surface area contributed by atoms with E-state index in [1.165, 1.54) is 0 Å². The normalized spacial score (nSPS) is 15.2. The number of amides is 1. The first-order valence-electron chi connectivity index (χ1n) is 8.82. The van der Waals surface area contributed by atoms with Crippen molar-refractivity contribution in [1.29, 1.82) is 0 Å². The zero-order valence-electron chi connectivity index (χ0n) is 15.0. The van der Waals surface area contributed by atoms with E-state index >= 15 is 0 Å². The van der Waals surface area contributed by atoms with Crippen LogP contribution in [0.3, 0.4) is 0 Å². The number of pyridine rings is 1. The molecule has 132 valence electrons. The molecule has 5 nitrogen and oxygen atoms in total. The number of nitrogens with two attached hydrogens (primary N) is 1. The molecule has 1 amide bonds. The quantitative estimate of drug-likeness (QED) is 0.931. The largest absolute Gasteiger partial charge is 0.357 e. The molecule has 0 spiro atoms. The number of hydrogen-bond acceptors (Lipinski definition) is 4. The maximum absolute atomic E-state index is 12.2. The van der Waals surface area contributed by atoms with E-state index in [1.807, 2.05) is 36.4 Å². The molecule has 1 aromatic carbocycles. The molecular formula is C20H26N4O. The van der Waals surface area contributed by atoms with E-state index < -0.39 is 0 Å². The second-order valence-corrected chi connectivity index (χ2v) is 6.83. The SMILES string of the molecule is CN(C)C(=O)c1cccc(-c2cccc(N3CCC(CN)CC3)n2)c1. The second kappa shape index (κ2) is 7.66. The predicted molar refractivity (Wildman–Crippen MR) is 102 cm³/mol. The van der Waals surface area contributed by atoms with Gasteiger partial charge in [-0.05, 0) is 49.6 Å². The number of rotatable bonds is 4. The van der Waals surface area contributed by atoms with Gasteiger partial charge in [0, 0.05) is 38.3 Å². The zero-order chi connectivity index (χ0) is 17.8. The average Bonchev–Trinajstić information content (AvgIpc) is 2.67. The first-order chi connectivity index (χ1) is 12.1. The summed E-state index contributed by atoms with van der Waals surface area (Å²) in [7, 11) is 3.53. The van der Waals surface area contributed by atoms with Gasteiger partial charge < -0.3 is 15.5 Å². The molecule has 3 rings (SSSR count). The summed E-state index contributed by atoms with van der Waals surface area (Å²) in [6, 6.07) is 13.7. The Morgan fingerprint density at radius 3 is 2.60 bits per heavy atom. The molecule has 1 aliphatic heterocycles. The van der Waals surface area contributed by atoms with Gasteiger partial charge in [0.15, 0.2) is 0 Å². The van der Waals surface area contributed by atoms with Crippen LogP contribution >= 0.6 is 0 Å². The van der Waals surface area contributed by atoms with E-state index in [0.29, 0.717) is 11.5 Å². The third-order valence-electron chi connectivity index (χ3n) is 4.82. The maximum Gasteiger partial charge on any atom is 0.253 e. The van der Waals surface area contributed by atoms with Gasteiger partial charge in [0.05, 0.1) is 5.69 Å². The highest BCUT2D eigenvalue weighted by molar-refractivity contribution is 5.95. The fourth-order valence-corrected chi connectivity index (χ4v) is 3.23. The molecule has 0 atom stereocenters. The summed E-state index contributed by atoms with van der Waals surface area (Å²) in [5.41, 5.74) is 8.32. The van der Waals surface area contributed by atoms with Gasteiger partial charge in [0.1, 0.15) is 5.82 Å². The van der Waals surface area contributed by atoms with Gasteiger partial charge in [-0.25, -0.2) is 4.98 Å². The molecule has 1 aromatic heterocycles. The summed E-state index contributed by atoms with van der Waals surface area (Å²) in [5, 5.41) is 0. The Kier molecular flexibility index (Phi) is 5.34. The maximum atomic E-state index is 12.2. The summed E-state index contributed by atoms with van der Waals surface area (Å²) in [6.45, 7) is 2.77. The highest BCUT2D eigenvalue weighted by Crippen LogP contribution is 2.25. The van der Waals surface area contributed by atoms with Gasteiger partial charge in [0.25, 0.3) is 5.91 Å². The van der Waals surface area contributed by atoms with E-state index in [2.05, 4.69) is 11.0 Å². The van der Waals surface area contributed by atoms with E-state index in [0.717, 1.165) is 49.6 Å². The minimum atomic E-state index is 0.00172. The van der Waals surface area contributed by atoms with E-state index in [4.69, 9.17) is 10.7 Å². The van der Waals surface area contributed by atoms with Crippen LogP contribution in [0.4, 0.5) is 5.82 Å². The van der Waals surface area contributed by atoms with Crippen LogP contribution in [0.25, 0.3) is 11.3 Å². The highest BCUT2D eigenvalue weighted by atomic mass is 16.2. The van der Waals surface area contributed by atoms with Gasteiger partial charge in [-0.3, -0.25) is 4.79 Å². The minimum Gasteiger partial charge on any atom is -0.357 e. The monoisotopic (exact) mass is 338 g/mol. The summed E-state index contributed by atoms with van der Waals surface area (Å²) >= 11 is 0. The van der Waals surface area contributed by atoms with Gasteiger partial charge in [-0.2, -0.15) is 0 Å². The van der Waals surface area contributed by atoms with Crippen molar-refractivity contribution >= 4 is 11.7 Å². The molecule has 1 aliphatic rings. The molecule has 5 heteroatoms. The average molecular weight is 338 g/mol. The first kappa shape index (κ1) is 17.4. The number of nitrogens with zero attached hydrogens (tertiary/aromatic N) is 3. The molecular weight excluding hydrogens is 312 g/mol. The Bertz CT molecular complexity index is 736. The number of piperidine rings is 1. The van der Waals surface area contributed by atoms with E-state index in [-0.39, 0.29) is 5.91 Å². The number of carbonyl (C=O) groups excluding carboxylic acids is 1. The van der Waals surface area contributed by atoms with Crippen LogP contribution in [0, 0.1) is 5.92 Å². The summed E-state index contributed by atoms with van der Waals surface area (Å²) in [4.78, 5) is 20.9. The van der Waals surface area contributed by atoms with Gasteiger partial charge in [-0.1, -0.05) is 18.2 Å². The summed E-state index contributed by atoms with van der Waals surface area (Å²) in [6.07, 6.45) is 2.24. The molecule has 0 bridgehead atoms. The number of hydrogen-bond donors (Lipinski definition) is 1. The van der Waals surface area contributed by atoms with Gasteiger partial charge >= 0.3 is 0 Å². The second-order valence-electron chi connectivity index (χ2n) is 6.83. The lowest BCUT2D eigenvalue weighted by molar-refractivity contribution is 0.0827. The van der Waals surface area contributed by atoms with Crippen molar-refractivity contribution < 1.29 is 4.79 Å². The van der Waals surface area contributed by atoms with Crippen molar-refractivity contribution in [2.75, 3.05) is 38.6 Å². The van der Waals surface area contributed by atoms with Crippen molar-refractivity contribution in [2.24, 2.45) is 11.7 Å². The lowest BCUT2D eigenvalue weighted by Crippen LogP contribution is -2.36. The standard InChI is InChI=1S/C20H26N4O/c1-23(2)20(25)17-6-3-5-16(13-17)18-7-4-8-19(22-18)24-11-9-15(14-21)10-12-24/h3-8,13,15H,9-12,14,21H2,1-2H3. The lowest BCUT2D eigenvalue weighted by Gasteiger charge is -2.32. The number of benzene rings is 1. The Morgan fingerprint density at radius 2 is 1.92 bits per heavy atom. The zero-order valence-corrected chi connectivity index (χ0v) is 15.0. The summed E-state index contributed by atoms with van der Waals surface area (Å²) < 4.78 is 0. The van der Waals surface area contributed by atoms with Crippen molar-refractivity contribution in [3.05, 3.63) is 48.0 Å². The van der Waals surface area contributed by atoms with Gasteiger partial charge in [0.2, 0.25) is 0 Å². The third-order valence-corrected chi connectivity index (χ3v) is 4.82. The van der Waals surface area contributed by atoms with Crippen LogP contribution in [0.15, 0.2) is 42.5 Å². The van der Waals surface area contributed by atoms with Crippen LogP contribution in [-0.4, -0.2) is 49.5 Å². The molecule has 0 unspecified atom stereocenters. The molecule has 0 radical (unpaired) electrons. The van der Waals surface area contributed by atoms with Crippen molar-refractivity contribution in [3.63, 3.8) is 0 Å².